The predicted octanol–water partition coefficient (Wildman–Crippen LogP) is 5.83. The molecule has 0 spiro atoms. The molecule has 6 nitrogen and oxygen atoms in total. The summed E-state index contributed by atoms with van der Waals surface area (Å²) in [7, 11) is 3.50. The summed E-state index contributed by atoms with van der Waals surface area (Å²) in [5.74, 6) is 0.0563. The van der Waals surface area contributed by atoms with Crippen LogP contribution in [0.25, 0.3) is 32.6 Å². The second kappa shape index (κ2) is 9.89. The number of halogens is 1. The highest BCUT2D eigenvalue weighted by molar-refractivity contribution is 7.17. The van der Waals surface area contributed by atoms with Gasteiger partial charge in [0.2, 0.25) is 5.91 Å². The number of rotatable bonds is 7. The Morgan fingerprint density at radius 1 is 1.06 bits per heavy atom. The van der Waals surface area contributed by atoms with E-state index in [9.17, 15) is 9.18 Å². The second-order valence-electron chi connectivity index (χ2n) is 8.13. The van der Waals surface area contributed by atoms with E-state index in [-0.39, 0.29) is 18.3 Å². The molecule has 0 radical (unpaired) electrons. The Morgan fingerprint density at radius 2 is 1.86 bits per heavy atom. The van der Waals surface area contributed by atoms with Gasteiger partial charge in [-0.3, -0.25) is 4.79 Å². The molecule has 0 aliphatic heterocycles. The number of carbonyl (C=O) groups is 1. The lowest BCUT2D eigenvalue weighted by atomic mass is 10.0. The number of carbonyl (C=O) groups excluding carboxylic acids is 1. The monoisotopic (exact) mass is 504 g/mol. The van der Waals surface area contributed by atoms with Crippen LogP contribution in [0.2, 0.25) is 0 Å². The van der Waals surface area contributed by atoms with Crippen molar-refractivity contribution in [2.75, 3.05) is 14.1 Å². The number of ether oxygens (including phenoxy) is 1. The number of likely N-dealkylation sites (N-methyl/N-ethyl adjacent to an activating group) is 1. The fourth-order valence-corrected chi connectivity index (χ4v) is 5.09. The predicted molar refractivity (Wildman–Crippen MR) is 137 cm³/mol. The van der Waals surface area contributed by atoms with Crippen molar-refractivity contribution in [2.24, 2.45) is 0 Å². The lowest BCUT2D eigenvalue weighted by Gasteiger charge is -2.12. The smallest absolute Gasteiger partial charge is 0.226 e. The molecule has 0 aliphatic rings. The number of thiophene rings is 1. The van der Waals surface area contributed by atoms with Crippen LogP contribution in [0.3, 0.4) is 0 Å². The van der Waals surface area contributed by atoms with E-state index in [1.807, 2.05) is 41.1 Å². The Kier molecular flexibility index (Phi) is 6.52. The molecule has 2 aromatic carbocycles. The van der Waals surface area contributed by atoms with Crippen molar-refractivity contribution in [2.45, 2.75) is 13.0 Å². The van der Waals surface area contributed by atoms with Crippen molar-refractivity contribution in [3.63, 3.8) is 0 Å². The quantitative estimate of drug-likeness (QED) is 0.279. The summed E-state index contributed by atoms with van der Waals surface area (Å²) in [5, 5.41) is 13.9. The third kappa shape index (κ3) is 4.91. The number of amides is 1. The van der Waals surface area contributed by atoms with Crippen LogP contribution in [0.4, 0.5) is 4.39 Å². The van der Waals surface area contributed by atoms with Crippen molar-refractivity contribution in [3.05, 3.63) is 81.9 Å². The van der Waals surface area contributed by atoms with Crippen molar-refractivity contribution in [1.29, 1.82) is 0 Å². The number of hydrogen-bond donors (Lipinski definition) is 0. The van der Waals surface area contributed by atoms with Crippen LogP contribution in [0.15, 0.2) is 64.8 Å². The molecule has 0 aliphatic carbocycles. The largest absolute Gasteiger partial charge is 0.486 e. The lowest BCUT2D eigenvalue weighted by Crippen LogP contribution is -2.23. The highest BCUT2D eigenvalue weighted by Crippen LogP contribution is 2.39. The van der Waals surface area contributed by atoms with Gasteiger partial charge in [0, 0.05) is 42.1 Å². The molecule has 5 aromatic rings. The maximum absolute atomic E-state index is 14.1. The van der Waals surface area contributed by atoms with E-state index >= 15 is 0 Å². The Hall–Kier alpha value is -3.69. The summed E-state index contributed by atoms with van der Waals surface area (Å²) in [4.78, 5) is 17.8. The van der Waals surface area contributed by atoms with Gasteiger partial charge in [0.05, 0.1) is 22.3 Å². The summed E-state index contributed by atoms with van der Waals surface area (Å²) in [6.07, 6.45) is 0.347. The number of hydrogen-bond acceptors (Lipinski definition) is 7. The summed E-state index contributed by atoms with van der Waals surface area (Å²) >= 11 is 3.03. The molecule has 3 aromatic heterocycles. The van der Waals surface area contributed by atoms with Gasteiger partial charge in [0.1, 0.15) is 29.6 Å². The first-order valence-electron chi connectivity index (χ1n) is 10.8. The average molecular weight is 505 g/mol. The standard InChI is InChI=1S/C26H21FN4O2S2/c1-31(2)23(32)11-16-3-5-17(6-4-16)24-21-9-10-35-26(21)25(30-29-24)20-8-7-18(27)12-22(20)33-13-19-14-34-15-28-19/h3-10,12,14-15H,11,13H2,1-2H3. The molecule has 3 heterocycles. The Morgan fingerprint density at radius 3 is 2.60 bits per heavy atom. The van der Waals surface area contributed by atoms with Gasteiger partial charge in [-0.2, -0.15) is 0 Å². The van der Waals surface area contributed by atoms with E-state index in [2.05, 4.69) is 15.2 Å². The molecule has 9 heteroatoms. The zero-order valence-corrected chi connectivity index (χ0v) is 20.7. The number of benzene rings is 2. The SMILES string of the molecule is CN(C)C(=O)Cc1ccc(-c2nnc(-c3ccc(F)cc3OCc3cscn3)c3sccc23)cc1. The summed E-state index contributed by atoms with van der Waals surface area (Å²) in [6, 6.07) is 14.2. The van der Waals surface area contributed by atoms with E-state index in [0.29, 0.717) is 23.4 Å². The van der Waals surface area contributed by atoms with Crippen LogP contribution in [0.5, 0.6) is 5.75 Å². The van der Waals surface area contributed by atoms with Crippen molar-refractivity contribution >= 4 is 38.7 Å². The van der Waals surface area contributed by atoms with Crippen LogP contribution in [-0.4, -0.2) is 40.1 Å². The number of fused-ring (bicyclic) bond motifs is 1. The first-order chi connectivity index (χ1) is 17.0. The lowest BCUT2D eigenvalue weighted by molar-refractivity contribution is -0.127. The van der Waals surface area contributed by atoms with E-state index in [4.69, 9.17) is 4.74 Å². The van der Waals surface area contributed by atoms with Crippen LogP contribution in [0, 0.1) is 5.82 Å². The van der Waals surface area contributed by atoms with Crippen molar-refractivity contribution in [3.8, 4) is 28.3 Å². The van der Waals surface area contributed by atoms with Crippen LogP contribution in [-0.2, 0) is 17.8 Å². The van der Waals surface area contributed by atoms with Gasteiger partial charge in [-0.05, 0) is 29.1 Å². The molecule has 0 N–H and O–H groups in total. The molecule has 0 unspecified atom stereocenters. The topological polar surface area (TPSA) is 68.2 Å². The van der Waals surface area contributed by atoms with E-state index in [0.717, 1.165) is 32.6 Å². The molecule has 0 saturated carbocycles. The molecule has 0 saturated heterocycles. The first kappa shape index (κ1) is 23.1. The minimum absolute atomic E-state index is 0.0502. The molecule has 1 amide bonds. The first-order valence-corrected chi connectivity index (χ1v) is 12.6. The third-order valence-corrected chi connectivity index (χ3v) is 7.08. The molecule has 35 heavy (non-hydrogen) atoms. The van der Waals surface area contributed by atoms with Gasteiger partial charge in [-0.25, -0.2) is 9.37 Å². The van der Waals surface area contributed by atoms with E-state index < -0.39 is 0 Å². The zero-order chi connectivity index (χ0) is 24.4. The second-order valence-corrected chi connectivity index (χ2v) is 9.77. The number of aromatic nitrogens is 3. The maximum Gasteiger partial charge on any atom is 0.226 e. The van der Waals surface area contributed by atoms with Crippen LogP contribution >= 0.6 is 22.7 Å². The van der Waals surface area contributed by atoms with Crippen molar-refractivity contribution < 1.29 is 13.9 Å². The summed E-state index contributed by atoms with van der Waals surface area (Å²) < 4.78 is 20.9. The maximum atomic E-state index is 14.1. The average Bonchev–Trinajstić information content (AvgIpc) is 3.55. The fourth-order valence-electron chi connectivity index (χ4n) is 3.65. The normalized spacial score (nSPS) is 11.1. The minimum Gasteiger partial charge on any atom is -0.486 e. The summed E-state index contributed by atoms with van der Waals surface area (Å²) in [6.45, 7) is 0.238. The number of thiazole rings is 1. The van der Waals surface area contributed by atoms with Gasteiger partial charge in [0.15, 0.2) is 0 Å². The van der Waals surface area contributed by atoms with Crippen LogP contribution < -0.4 is 4.74 Å². The fraction of sp³-hybridized carbons (Fsp3) is 0.154. The molecular weight excluding hydrogens is 483 g/mol. The van der Waals surface area contributed by atoms with Gasteiger partial charge in [-0.15, -0.1) is 32.9 Å². The highest BCUT2D eigenvalue weighted by atomic mass is 32.1. The van der Waals surface area contributed by atoms with Gasteiger partial charge >= 0.3 is 0 Å². The molecule has 176 valence electrons. The Bertz CT molecular complexity index is 1480. The van der Waals surface area contributed by atoms with Gasteiger partial charge < -0.3 is 9.64 Å². The molecule has 0 fully saturated rings. The van der Waals surface area contributed by atoms with Crippen LogP contribution in [0.1, 0.15) is 11.3 Å². The summed E-state index contributed by atoms with van der Waals surface area (Å²) in [5.41, 5.74) is 6.42. The molecule has 5 rings (SSSR count). The minimum atomic E-state index is -0.387. The molecule has 0 bridgehead atoms. The third-order valence-electron chi connectivity index (χ3n) is 5.52. The zero-order valence-electron chi connectivity index (χ0n) is 19.1. The molecule has 0 atom stereocenters. The number of nitrogens with zero attached hydrogens (tertiary/aromatic N) is 4. The Balaban J connectivity index is 1.49. The van der Waals surface area contributed by atoms with E-state index in [1.165, 1.54) is 23.5 Å². The van der Waals surface area contributed by atoms with Gasteiger partial charge in [0.25, 0.3) is 0 Å². The van der Waals surface area contributed by atoms with E-state index in [1.54, 1.807) is 41.9 Å². The molecular formula is C26H21FN4O2S2. The highest BCUT2D eigenvalue weighted by Gasteiger charge is 2.18. The Labute approximate surface area is 209 Å². The van der Waals surface area contributed by atoms with Crippen molar-refractivity contribution in [1.82, 2.24) is 20.1 Å². The van der Waals surface area contributed by atoms with Gasteiger partial charge in [-0.1, -0.05) is 24.3 Å².